The van der Waals surface area contributed by atoms with Gasteiger partial charge >= 0.3 is 0 Å². The van der Waals surface area contributed by atoms with Crippen LogP contribution >= 0.6 is 0 Å². The van der Waals surface area contributed by atoms with Gasteiger partial charge in [-0.2, -0.15) is 0 Å². The smallest absolute Gasteiger partial charge is 0.280 e. The molecule has 13 heavy (non-hydrogen) atoms. The number of H-pyrrole nitrogens is 1. The van der Waals surface area contributed by atoms with E-state index >= 15 is 0 Å². The van der Waals surface area contributed by atoms with E-state index in [1.807, 2.05) is 4.98 Å². The Morgan fingerprint density at radius 1 is 1.54 bits per heavy atom. The highest BCUT2D eigenvalue weighted by Gasteiger charge is 2.13. The molecule has 0 unspecified atom stereocenters. The molecule has 0 radical (unpaired) electrons. The Balaban J connectivity index is 3.29. The van der Waals surface area contributed by atoms with Crippen molar-refractivity contribution in [2.45, 2.75) is 13.0 Å². The molecule has 1 aromatic rings. The van der Waals surface area contributed by atoms with Crippen LogP contribution in [0.25, 0.3) is 0 Å². The number of nitrogens with one attached hydrogen (secondary N) is 1. The summed E-state index contributed by atoms with van der Waals surface area (Å²) in [6.07, 6.45) is -2.78. The topological polar surface area (TPSA) is 84.9 Å². The van der Waals surface area contributed by atoms with Crippen LogP contribution in [0.4, 0.5) is 14.5 Å². The monoisotopic (exact) mass is 189 g/mol. The summed E-state index contributed by atoms with van der Waals surface area (Å²) in [5, 5.41) is 0. The Hall–Kier alpha value is -1.43. The Morgan fingerprint density at radius 2 is 2.15 bits per heavy atom. The van der Waals surface area contributed by atoms with Gasteiger partial charge in [0.15, 0.2) is 0 Å². The molecule has 0 aliphatic rings. The Kier molecular flexibility index (Phi) is 2.62. The van der Waals surface area contributed by atoms with Crippen LogP contribution in [0.1, 0.15) is 17.7 Å². The molecule has 72 valence electrons. The van der Waals surface area contributed by atoms with Crippen LogP contribution in [0.5, 0.6) is 0 Å². The summed E-state index contributed by atoms with van der Waals surface area (Å²) in [6, 6.07) is 1.17. The molecule has 4 nitrogen and oxygen atoms in total. The van der Waals surface area contributed by atoms with Gasteiger partial charge in [0.2, 0.25) is 0 Å². The average molecular weight is 189 g/mol. The third-order valence-corrected chi connectivity index (χ3v) is 1.62. The lowest BCUT2D eigenvalue weighted by Gasteiger charge is -2.05. The first-order chi connectivity index (χ1) is 6.06. The zero-order chi connectivity index (χ0) is 10.0. The molecule has 0 fully saturated rings. The first-order valence-electron chi connectivity index (χ1n) is 3.56. The van der Waals surface area contributed by atoms with E-state index in [2.05, 4.69) is 0 Å². The van der Waals surface area contributed by atoms with Gasteiger partial charge in [-0.15, -0.1) is 0 Å². The lowest BCUT2D eigenvalue weighted by molar-refractivity contribution is 0.146. The van der Waals surface area contributed by atoms with Crippen molar-refractivity contribution < 1.29 is 8.78 Å². The van der Waals surface area contributed by atoms with E-state index in [1.54, 1.807) is 0 Å². The number of aromatic amines is 1. The van der Waals surface area contributed by atoms with Crippen LogP contribution in [-0.4, -0.2) is 4.98 Å². The van der Waals surface area contributed by atoms with E-state index in [-0.39, 0.29) is 17.8 Å². The summed E-state index contributed by atoms with van der Waals surface area (Å²) < 4.78 is 24.3. The Morgan fingerprint density at radius 3 is 2.62 bits per heavy atom. The van der Waals surface area contributed by atoms with E-state index in [4.69, 9.17) is 11.5 Å². The van der Waals surface area contributed by atoms with Crippen molar-refractivity contribution in [1.82, 2.24) is 4.98 Å². The van der Waals surface area contributed by atoms with Crippen LogP contribution in [0.2, 0.25) is 0 Å². The summed E-state index contributed by atoms with van der Waals surface area (Å²) >= 11 is 0. The van der Waals surface area contributed by atoms with Crippen molar-refractivity contribution >= 4 is 5.69 Å². The van der Waals surface area contributed by atoms with Crippen molar-refractivity contribution in [3.63, 3.8) is 0 Å². The van der Waals surface area contributed by atoms with E-state index in [0.717, 1.165) is 0 Å². The molecule has 0 amide bonds. The third-order valence-electron chi connectivity index (χ3n) is 1.62. The fraction of sp³-hybridized carbons (Fsp3) is 0.286. The molecule has 1 aromatic heterocycles. The second-order valence-corrected chi connectivity index (χ2v) is 2.50. The van der Waals surface area contributed by atoms with Crippen LogP contribution in [0, 0.1) is 0 Å². The lowest BCUT2D eigenvalue weighted by atomic mass is 10.2. The molecule has 0 aliphatic heterocycles. The first-order valence-corrected chi connectivity index (χ1v) is 3.56. The maximum Gasteiger partial charge on any atom is 0.280 e. The molecule has 0 atom stereocenters. The van der Waals surface area contributed by atoms with Gasteiger partial charge in [-0.05, 0) is 6.07 Å². The average Bonchev–Trinajstić information content (AvgIpc) is 2.07. The number of hydrogen-bond acceptors (Lipinski definition) is 3. The SMILES string of the molecule is NCc1cc(N)c(C(F)F)[nH]c1=O. The molecule has 0 spiro atoms. The quantitative estimate of drug-likeness (QED) is 0.627. The lowest BCUT2D eigenvalue weighted by Crippen LogP contribution is -2.19. The van der Waals surface area contributed by atoms with E-state index in [1.165, 1.54) is 6.07 Å². The van der Waals surface area contributed by atoms with Gasteiger partial charge in [-0.1, -0.05) is 0 Å². The maximum absolute atomic E-state index is 12.2. The fourth-order valence-electron chi connectivity index (χ4n) is 0.938. The molecule has 6 heteroatoms. The largest absolute Gasteiger partial charge is 0.397 e. The third kappa shape index (κ3) is 1.83. The number of halogens is 2. The summed E-state index contributed by atoms with van der Waals surface area (Å²) in [6.45, 7) is -0.0248. The Labute approximate surface area is 72.6 Å². The number of nitrogen functional groups attached to an aromatic ring is 1. The molecule has 1 heterocycles. The highest BCUT2D eigenvalue weighted by Crippen LogP contribution is 2.21. The van der Waals surface area contributed by atoms with Crippen LogP contribution < -0.4 is 17.0 Å². The van der Waals surface area contributed by atoms with Crippen molar-refractivity contribution in [3.8, 4) is 0 Å². The van der Waals surface area contributed by atoms with Crippen molar-refractivity contribution in [2.24, 2.45) is 5.73 Å². The van der Waals surface area contributed by atoms with Crippen LogP contribution in [-0.2, 0) is 6.54 Å². The zero-order valence-corrected chi connectivity index (χ0v) is 6.68. The molecule has 5 N–H and O–H groups in total. The number of pyridine rings is 1. The number of rotatable bonds is 2. The maximum atomic E-state index is 12.2. The molecule has 0 bridgehead atoms. The second-order valence-electron chi connectivity index (χ2n) is 2.50. The highest BCUT2D eigenvalue weighted by molar-refractivity contribution is 5.45. The number of hydrogen-bond donors (Lipinski definition) is 3. The van der Waals surface area contributed by atoms with E-state index in [0.29, 0.717) is 0 Å². The minimum absolute atomic E-state index is 0.0248. The molecule has 0 aromatic carbocycles. The fourth-order valence-corrected chi connectivity index (χ4v) is 0.938. The minimum Gasteiger partial charge on any atom is -0.397 e. The highest BCUT2D eigenvalue weighted by atomic mass is 19.3. The van der Waals surface area contributed by atoms with Crippen LogP contribution in [0.15, 0.2) is 10.9 Å². The number of aromatic nitrogens is 1. The summed E-state index contributed by atoms with van der Waals surface area (Å²) in [5.74, 6) is 0. The van der Waals surface area contributed by atoms with Gasteiger partial charge in [0, 0.05) is 12.1 Å². The Bertz CT molecular complexity index is 361. The van der Waals surface area contributed by atoms with Crippen molar-refractivity contribution in [3.05, 3.63) is 27.7 Å². The van der Waals surface area contributed by atoms with E-state index < -0.39 is 17.7 Å². The van der Waals surface area contributed by atoms with Gasteiger partial charge in [0.1, 0.15) is 5.69 Å². The van der Waals surface area contributed by atoms with Gasteiger partial charge in [-0.25, -0.2) is 8.78 Å². The van der Waals surface area contributed by atoms with Crippen LogP contribution in [0.3, 0.4) is 0 Å². The second kappa shape index (κ2) is 3.53. The van der Waals surface area contributed by atoms with Gasteiger partial charge in [0.25, 0.3) is 12.0 Å². The number of alkyl halides is 2. The molecule has 0 saturated heterocycles. The predicted molar refractivity (Wildman–Crippen MR) is 44.3 cm³/mol. The van der Waals surface area contributed by atoms with Crippen molar-refractivity contribution in [1.29, 1.82) is 0 Å². The molecular weight excluding hydrogens is 180 g/mol. The summed E-state index contributed by atoms with van der Waals surface area (Å²) in [5.41, 5.74) is 9.32. The predicted octanol–water partition coefficient (Wildman–Crippen LogP) is 0.353. The number of anilines is 1. The number of nitrogens with two attached hydrogens (primary N) is 2. The van der Waals surface area contributed by atoms with Gasteiger partial charge < -0.3 is 16.5 Å². The first kappa shape index (κ1) is 9.66. The van der Waals surface area contributed by atoms with E-state index in [9.17, 15) is 13.6 Å². The molecule has 0 aliphatic carbocycles. The minimum atomic E-state index is -2.78. The molecule has 0 saturated carbocycles. The van der Waals surface area contributed by atoms with Gasteiger partial charge in [0.05, 0.1) is 5.69 Å². The molecule has 1 rings (SSSR count). The normalized spacial score (nSPS) is 10.8. The zero-order valence-electron chi connectivity index (χ0n) is 6.68. The van der Waals surface area contributed by atoms with Gasteiger partial charge in [-0.3, -0.25) is 4.79 Å². The summed E-state index contributed by atoms with van der Waals surface area (Å²) in [4.78, 5) is 13.0. The standard InChI is InChI=1S/C7H9F2N3O/c8-6(9)5-4(11)1-3(2-10)7(13)12-5/h1,6H,2,10-11H2,(H,12,13). The molecular formula is C7H9F2N3O. The van der Waals surface area contributed by atoms with Crippen molar-refractivity contribution in [2.75, 3.05) is 5.73 Å². The summed E-state index contributed by atoms with van der Waals surface area (Å²) in [7, 11) is 0.